The highest BCUT2D eigenvalue weighted by Gasteiger charge is 2.01. The van der Waals surface area contributed by atoms with Crippen molar-refractivity contribution in [2.24, 2.45) is 0 Å². The molecule has 0 spiro atoms. The van der Waals surface area contributed by atoms with E-state index in [0.29, 0.717) is 0 Å². The molecule has 0 bridgehead atoms. The van der Waals surface area contributed by atoms with Crippen LogP contribution < -0.4 is 0 Å². The average molecular weight is 389 g/mol. The molecule has 2 rings (SSSR count). The third kappa shape index (κ3) is 20.0. The minimum Gasteiger partial charge on any atom is -0.342 e. The molecule has 2 nitrogen and oxygen atoms in total. The molecule has 0 saturated carbocycles. The van der Waals surface area contributed by atoms with Gasteiger partial charge in [-0.3, -0.25) is 0 Å². The fourth-order valence-corrected chi connectivity index (χ4v) is 1.55. The first-order chi connectivity index (χ1) is 13.5. The maximum Gasteiger partial charge on any atom is 0.104 e. The molecule has 0 aliphatic heterocycles. The largest absolute Gasteiger partial charge is 0.342 e. The summed E-state index contributed by atoms with van der Waals surface area (Å²) in [6, 6.07) is 6.31. The average Bonchev–Trinajstić information content (AvgIpc) is 3.13. The number of imidazole rings is 1. The van der Waals surface area contributed by atoms with E-state index >= 15 is 0 Å². The van der Waals surface area contributed by atoms with Crippen molar-refractivity contribution in [2.45, 2.75) is 90.0 Å². The number of benzene rings is 1. The summed E-state index contributed by atoms with van der Waals surface area (Å²) < 4.78 is 0. The molecule has 1 aromatic heterocycles. The summed E-state index contributed by atoms with van der Waals surface area (Å²) >= 11 is 0. The first-order valence-electron chi connectivity index (χ1n) is 10.6. The van der Waals surface area contributed by atoms with Gasteiger partial charge in [0.25, 0.3) is 0 Å². The number of aromatic amines is 1. The lowest BCUT2D eigenvalue weighted by atomic mass is 10.1. The van der Waals surface area contributed by atoms with E-state index in [0.717, 1.165) is 16.9 Å². The Kier molecular flexibility index (Phi) is 42.4. The van der Waals surface area contributed by atoms with Gasteiger partial charge in [0.05, 0.1) is 11.0 Å². The highest BCUT2D eigenvalue weighted by atomic mass is 14.9. The quantitative estimate of drug-likeness (QED) is 0.382. The molecule has 0 aliphatic rings. The van der Waals surface area contributed by atoms with Crippen LogP contribution in [0.4, 0.5) is 0 Å². The summed E-state index contributed by atoms with van der Waals surface area (Å²) in [6.45, 7) is 29.0. The van der Waals surface area contributed by atoms with Crippen molar-refractivity contribution in [1.82, 2.24) is 9.97 Å². The van der Waals surface area contributed by atoms with Crippen LogP contribution in [-0.2, 0) is 0 Å². The zero-order valence-corrected chi connectivity index (χ0v) is 21.1. The summed E-state index contributed by atoms with van der Waals surface area (Å²) in [6.07, 6.45) is 8.46. The van der Waals surface area contributed by atoms with E-state index in [4.69, 9.17) is 0 Å². The predicted molar refractivity (Wildman–Crippen MR) is 136 cm³/mol. The smallest absolute Gasteiger partial charge is 0.104 e. The fraction of sp³-hybridized carbons (Fsp3) is 0.500. The van der Waals surface area contributed by atoms with Gasteiger partial charge in [0.2, 0.25) is 0 Å². The third-order valence-corrected chi connectivity index (χ3v) is 2.49. The molecular formula is C26H48N2. The number of hydrogen-bond donors (Lipinski definition) is 1. The van der Waals surface area contributed by atoms with Crippen LogP contribution in [0.25, 0.3) is 16.6 Å². The van der Waals surface area contributed by atoms with Gasteiger partial charge in [0.1, 0.15) is 5.82 Å². The maximum absolute atomic E-state index is 4.60. The number of terminal acetylenes is 1. The second-order valence-corrected chi connectivity index (χ2v) is 4.22. The number of allylic oxidation sites excluding steroid dienone is 3. The Hall–Kier alpha value is -2.27. The summed E-state index contributed by atoms with van der Waals surface area (Å²) in [5, 5.41) is 0. The minimum atomic E-state index is 0.968. The van der Waals surface area contributed by atoms with Crippen LogP contribution in [-0.4, -0.2) is 9.97 Å². The van der Waals surface area contributed by atoms with E-state index in [1.165, 1.54) is 11.1 Å². The van der Waals surface area contributed by atoms with Gasteiger partial charge in [0.15, 0.2) is 0 Å². The van der Waals surface area contributed by atoms with Crippen LogP contribution in [0.15, 0.2) is 36.9 Å². The number of aryl methyl sites for hydroxylation is 1. The Labute approximate surface area is 177 Å². The first kappa shape index (κ1) is 36.6. The van der Waals surface area contributed by atoms with Crippen molar-refractivity contribution in [2.75, 3.05) is 0 Å². The lowest BCUT2D eigenvalue weighted by Gasteiger charge is -1.99. The Morgan fingerprint density at radius 1 is 1.04 bits per heavy atom. The molecule has 2 heteroatoms. The van der Waals surface area contributed by atoms with Crippen LogP contribution in [0.5, 0.6) is 0 Å². The molecule has 1 aromatic carbocycles. The zero-order valence-electron chi connectivity index (χ0n) is 21.1. The van der Waals surface area contributed by atoms with Gasteiger partial charge in [-0.05, 0) is 57.9 Å². The summed E-state index contributed by atoms with van der Waals surface area (Å²) in [5.74, 6) is 3.22. The van der Waals surface area contributed by atoms with Gasteiger partial charge in [0, 0.05) is 0 Å². The third-order valence-electron chi connectivity index (χ3n) is 2.49. The molecule has 0 amide bonds. The number of fused-ring (bicyclic) bond motifs is 1. The van der Waals surface area contributed by atoms with Crippen molar-refractivity contribution < 1.29 is 0 Å². The number of rotatable bonds is 1. The molecule has 0 atom stereocenters. The van der Waals surface area contributed by atoms with E-state index in [-0.39, 0.29) is 0 Å². The highest BCUT2D eigenvalue weighted by Crippen LogP contribution is 2.19. The number of nitrogens with one attached hydrogen (secondary N) is 1. The number of nitrogens with zero attached hydrogens (tertiary/aromatic N) is 1. The van der Waals surface area contributed by atoms with Gasteiger partial charge in [-0.1, -0.05) is 73.6 Å². The monoisotopic (exact) mass is 388 g/mol. The number of hydrogen-bond acceptors (Lipinski definition) is 1. The normalized spacial score (nSPS) is 7.79. The van der Waals surface area contributed by atoms with Crippen molar-refractivity contribution in [1.29, 1.82) is 0 Å². The molecule has 1 N–H and O–H groups in total. The van der Waals surface area contributed by atoms with Crippen molar-refractivity contribution in [3.63, 3.8) is 0 Å². The fourth-order valence-electron chi connectivity index (χ4n) is 1.55. The van der Waals surface area contributed by atoms with Gasteiger partial charge < -0.3 is 4.98 Å². The number of aromatic nitrogens is 2. The van der Waals surface area contributed by atoms with Crippen LogP contribution >= 0.6 is 0 Å². The standard InChI is InChI=1S/C12H14N2.C3H6.C3H4.4C2H6/c1-4-8(2)10-5-6-11-12(7-10)14-9(3)13-11;2*1-3-2;4*1-2/h4-7H,1-3H3,(H,13,14);3H,1H2,2H3;1H,2H3;4*1-2H3/b8-4+;;;;;;. The van der Waals surface area contributed by atoms with Crippen LogP contribution in [0, 0.1) is 19.3 Å². The molecule has 0 fully saturated rings. The van der Waals surface area contributed by atoms with Crippen molar-refractivity contribution in [3.8, 4) is 12.3 Å². The van der Waals surface area contributed by atoms with Gasteiger partial charge >= 0.3 is 0 Å². The SMILES string of the molecule is C#CC.C/C=C(\C)c1ccc2nc(C)[nH]c2c1.C=CC.CC.CC.CC.CC. The highest BCUT2D eigenvalue weighted by molar-refractivity contribution is 5.80. The lowest BCUT2D eigenvalue weighted by molar-refractivity contribution is 1.17. The molecule has 162 valence electrons. The predicted octanol–water partition coefficient (Wildman–Crippen LogP) is 9.23. The Bertz CT molecular complexity index is 611. The molecule has 0 saturated heterocycles. The summed E-state index contributed by atoms with van der Waals surface area (Å²) in [4.78, 5) is 7.60. The van der Waals surface area contributed by atoms with Crippen LogP contribution in [0.3, 0.4) is 0 Å². The van der Waals surface area contributed by atoms with E-state index in [2.05, 4.69) is 67.0 Å². The summed E-state index contributed by atoms with van der Waals surface area (Å²) in [5.41, 5.74) is 4.69. The second-order valence-electron chi connectivity index (χ2n) is 4.22. The van der Waals surface area contributed by atoms with Gasteiger partial charge in [-0.15, -0.1) is 18.9 Å². The van der Waals surface area contributed by atoms with Gasteiger partial charge in [-0.2, -0.15) is 0 Å². The van der Waals surface area contributed by atoms with E-state index < -0.39 is 0 Å². The van der Waals surface area contributed by atoms with Crippen molar-refractivity contribution >= 4 is 16.6 Å². The molecule has 1 heterocycles. The Balaban J connectivity index is -0.000000106. The van der Waals surface area contributed by atoms with E-state index in [9.17, 15) is 0 Å². The molecule has 0 unspecified atom stereocenters. The maximum atomic E-state index is 4.60. The Morgan fingerprint density at radius 2 is 1.43 bits per heavy atom. The van der Waals surface area contributed by atoms with Crippen molar-refractivity contribution in [3.05, 3.63) is 48.3 Å². The Morgan fingerprint density at radius 3 is 1.79 bits per heavy atom. The minimum absolute atomic E-state index is 0.968. The molecule has 2 aromatic rings. The molecule has 28 heavy (non-hydrogen) atoms. The van der Waals surface area contributed by atoms with Crippen LogP contribution in [0.2, 0.25) is 0 Å². The van der Waals surface area contributed by atoms with Gasteiger partial charge in [-0.25, -0.2) is 4.98 Å². The molecule has 0 radical (unpaired) electrons. The zero-order chi connectivity index (χ0) is 23.5. The second kappa shape index (κ2) is 32.4. The molecular weight excluding hydrogens is 340 g/mol. The lowest BCUT2D eigenvalue weighted by Crippen LogP contribution is -1.79. The van der Waals surface area contributed by atoms with E-state index in [1.54, 1.807) is 13.0 Å². The summed E-state index contributed by atoms with van der Waals surface area (Å²) in [7, 11) is 0. The first-order valence-corrected chi connectivity index (χ1v) is 10.6. The van der Waals surface area contributed by atoms with Crippen LogP contribution in [0.1, 0.15) is 94.5 Å². The topological polar surface area (TPSA) is 28.7 Å². The van der Waals surface area contributed by atoms with E-state index in [1.807, 2.05) is 69.2 Å². The number of H-pyrrole nitrogens is 1. The molecule has 0 aliphatic carbocycles.